The fraction of sp³-hybridized carbons (Fsp3) is 0.909. The Bertz CT molecular complexity index is 253. The van der Waals surface area contributed by atoms with Gasteiger partial charge in [0.15, 0.2) is 0 Å². The highest BCUT2D eigenvalue weighted by molar-refractivity contribution is 8.13. The summed E-state index contributed by atoms with van der Waals surface area (Å²) in [5.74, 6) is -0.831. The number of aliphatic hydroxyl groups excluding tert-OH is 1. The molecule has 0 heterocycles. The van der Waals surface area contributed by atoms with E-state index in [9.17, 15) is 9.90 Å². The number of nitrogens with zero attached hydrogens (tertiary/aromatic N) is 1. The van der Waals surface area contributed by atoms with Crippen molar-refractivity contribution in [3.63, 3.8) is 0 Å². The van der Waals surface area contributed by atoms with Crippen LogP contribution in [0.5, 0.6) is 0 Å². The van der Waals surface area contributed by atoms with E-state index in [0.717, 1.165) is 5.06 Å². The first-order chi connectivity index (χ1) is 8.31. The minimum Gasteiger partial charge on any atom is -0.392 e. The van der Waals surface area contributed by atoms with Crippen LogP contribution in [0.15, 0.2) is 0 Å². The molecule has 0 saturated carbocycles. The summed E-state index contributed by atoms with van der Waals surface area (Å²) in [5, 5.41) is 11.2. The topological polar surface area (TPSA) is 59.0 Å². The van der Waals surface area contributed by atoms with Gasteiger partial charge in [-0.25, -0.2) is 5.06 Å². The molecule has 18 heavy (non-hydrogen) atoms. The van der Waals surface area contributed by atoms with Gasteiger partial charge in [-0.05, 0) is 6.66 Å². The normalized spacial score (nSPS) is 17.9. The SMILES string of the molecule is CON(C)C(=O)[C@H](C)[C@@H](O)[C@@H](C)COCP(C)P. The number of hydrogen-bond acceptors (Lipinski definition) is 4. The quantitative estimate of drug-likeness (QED) is 0.545. The molecular formula is C11H25NO4P2. The summed E-state index contributed by atoms with van der Waals surface area (Å²) in [6, 6.07) is 0. The van der Waals surface area contributed by atoms with Gasteiger partial charge in [0.1, 0.15) is 0 Å². The first-order valence-corrected chi connectivity index (χ1v) is 9.43. The predicted molar refractivity (Wildman–Crippen MR) is 77.5 cm³/mol. The van der Waals surface area contributed by atoms with Gasteiger partial charge in [0.25, 0.3) is 5.91 Å². The van der Waals surface area contributed by atoms with E-state index in [1.165, 1.54) is 14.2 Å². The second kappa shape index (κ2) is 9.17. The molecule has 0 bridgehead atoms. The molecule has 0 aromatic heterocycles. The largest absolute Gasteiger partial charge is 0.392 e. The molecule has 2 unspecified atom stereocenters. The summed E-state index contributed by atoms with van der Waals surface area (Å²) in [6.07, 6.45) is -0.0418. The molecule has 0 spiro atoms. The first-order valence-electron chi connectivity index (χ1n) is 5.84. The molecule has 0 aliphatic rings. The molecule has 108 valence electrons. The van der Waals surface area contributed by atoms with Gasteiger partial charge in [0.05, 0.1) is 32.1 Å². The Morgan fingerprint density at radius 2 is 2.06 bits per heavy atom. The zero-order chi connectivity index (χ0) is 14.3. The molecule has 1 N–H and O–H groups in total. The average molecular weight is 297 g/mol. The predicted octanol–water partition coefficient (Wildman–Crippen LogP) is 1.52. The molecule has 0 rings (SSSR count). The van der Waals surface area contributed by atoms with Gasteiger partial charge in [0, 0.05) is 13.0 Å². The van der Waals surface area contributed by atoms with E-state index in [4.69, 9.17) is 9.57 Å². The Kier molecular flexibility index (Phi) is 9.27. The van der Waals surface area contributed by atoms with E-state index in [-0.39, 0.29) is 19.4 Å². The third-order valence-corrected chi connectivity index (χ3v) is 3.78. The van der Waals surface area contributed by atoms with Crippen molar-refractivity contribution < 1.29 is 19.5 Å². The summed E-state index contributed by atoms with van der Waals surface area (Å²) in [6.45, 7) is 6.13. The first kappa shape index (κ1) is 18.2. The Balaban J connectivity index is 4.19. The highest BCUT2D eigenvalue weighted by Gasteiger charge is 2.29. The van der Waals surface area contributed by atoms with Gasteiger partial charge in [0.2, 0.25) is 0 Å². The van der Waals surface area contributed by atoms with Gasteiger partial charge in [-0.3, -0.25) is 9.63 Å². The van der Waals surface area contributed by atoms with Crippen LogP contribution in [-0.2, 0) is 14.4 Å². The maximum Gasteiger partial charge on any atom is 0.251 e. The highest BCUT2D eigenvalue weighted by Crippen LogP contribution is 2.39. The fourth-order valence-electron chi connectivity index (χ4n) is 1.50. The fourth-order valence-corrected chi connectivity index (χ4v) is 2.21. The van der Waals surface area contributed by atoms with E-state index < -0.39 is 12.0 Å². The third-order valence-electron chi connectivity index (χ3n) is 2.74. The van der Waals surface area contributed by atoms with Crippen LogP contribution in [0.25, 0.3) is 0 Å². The minimum absolute atomic E-state index is 0.0887. The molecule has 0 aromatic rings. The number of aliphatic hydroxyl groups is 1. The number of hydroxylamine groups is 2. The Labute approximate surface area is 113 Å². The summed E-state index contributed by atoms with van der Waals surface area (Å²) < 4.78 is 5.49. The summed E-state index contributed by atoms with van der Waals surface area (Å²) in [7, 11) is 5.50. The van der Waals surface area contributed by atoms with Crippen molar-refractivity contribution in [2.24, 2.45) is 11.8 Å². The molecular weight excluding hydrogens is 272 g/mol. The maximum absolute atomic E-state index is 11.8. The van der Waals surface area contributed by atoms with Crippen molar-refractivity contribution in [3.8, 4) is 0 Å². The van der Waals surface area contributed by atoms with E-state index in [1.807, 2.05) is 6.92 Å². The monoisotopic (exact) mass is 297 g/mol. The molecule has 0 saturated heterocycles. The number of carbonyl (C=O) groups is 1. The summed E-state index contributed by atoms with van der Waals surface area (Å²) in [4.78, 5) is 16.6. The minimum atomic E-state index is -0.734. The number of rotatable bonds is 8. The molecule has 0 radical (unpaired) electrons. The Morgan fingerprint density at radius 1 is 1.50 bits per heavy atom. The second-order valence-corrected chi connectivity index (χ2v) is 8.95. The van der Waals surface area contributed by atoms with Crippen LogP contribution >= 0.6 is 16.5 Å². The number of ether oxygens (including phenoxy) is 1. The van der Waals surface area contributed by atoms with Crippen LogP contribution in [0.1, 0.15) is 13.8 Å². The van der Waals surface area contributed by atoms with Crippen LogP contribution in [0.2, 0.25) is 0 Å². The average Bonchev–Trinajstić information content (AvgIpc) is 2.34. The molecule has 1 amide bonds. The van der Waals surface area contributed by atoms with Crippen LogP contribution < -0.4 is 0 Å². The van der Waals surface area contributed by atoms with Gasteiger partial charge in [-0.2, -0.15) is 0 Å². The Morgan fingerprint density at radius 3 is 2.50 bits per heavy atom. The van der Waals surface area contributed by atoms with E-state index in [0.29, 0.717) is 13.0 Å². The Hall–Kier alpha value is 0.210. The smallest absolute Gasteiger partial charge is 0.251 e. The zero-order valence-corrected chi connectivity index (χ0v) is 13.8. The van der Waals surface area contributed by atoms with Crippen molar-refractivity contribution in [2.45, 2.75) is 20.0 Å². The summed E-state index contributed by atoms with van der Waals surface area (Å²) in [5.41, 5.74) is 0. The molecule has 5 atom stereocenters. The van der Waals surface area contributed by atoms with E-state index in [1.54, 1.807) is 6.92 Å². The van der Waals surface area contributed by atoms with Gasteiger partial charge >= 0.3 is 0 Å². The molecule has 0 aliphatic carbocycles. The van der Waals surface area contributed by atoms with Crippen LogP contribution in [-0.4, -0.2) is 56.0 Å². The van der Waals surface area contributed by atoms with Crippen LogP contribution in [0.4, 0.5) is 0 Å². The maximum atomic E-state index is 11.8. The van der Waals surface area contributed by atoms with Crippen LogP contribution in [0.3, 0.4) is 0 Å². The molecule has 7 heteroatoms. The number of hydrogen-bond donors (Lipinski definition) is 1. The van der Waals surface area contributed by atoms with E-state index >= 15 is 0 Å². The molecule has 0 aromatic carbocycles. The second-order valence-electron chi connectivity index (χ2n) is 4.53. The van der Waals surface area contributed by atoms with Crippen molar-refractivity contribution >= 4 is 22.4 Å². The van der Waals surface area contributed by atoms with Crippen molar-refractivity contribution in [3.05, 3.63) is 0 Å². The summed E-state index contributed by atoms with van der Waals surface area (Å²) >= 11 is 0. The third kappa shape index (κ3) is 6.40. The van der Waals surface area contributed by atoms with Crippen LogP contribution in [0, 0.1) is 11.8 Å². The van der Waals surface area contributed by atoms with Gasteiger partial charge in [-0.15, -0.1) is 8.93 Å². The molecule has 5 nitrogen and oxygen atoms in total. The standard InChI is InChI=1S/C11H25NO4P2/c1-8(6-16-7-18(5)17)10(13)9(2)11(14)12(3)15-4/h8-10,13H,6-7,17H2,1-5H3/t8-,9+,10-,18?/m0/s1. The van der Waals surface area contributed by atoms with Crippen molar-refractivity contribution in [1.82, 2.24) is 5.06 Å². The lowest BCUT2D eigenvalue weighted by Gasteiger charge is -2.26. The molecule has 0 fully saturated rings. The number of carbonyl (C=O) groups excluding carboxylic acids is 1. The number of amides is 1. The lowest BCUT2D eigenvalue weighted by Crippen LogP contribution is -2.40. The highest BCUT2D eigenvalue weighted by atomic mass is 32.0. The molecule has 0 aliphatic heterocycles. The van der Waals surface area contributed by atoms with E-state index in [2.05, 4.69) is 15.6 Å². The van der Waals surface area contributed by atoms with Gasteiger partial charge in [-0.1, -0.05) is 21.5 Å². The van der Waals surface area contributed by atoms with Crippen molar-refractivity contribution in [2.75, 3.05) is 33.8 Å². The lowest BCUT2D eigenvalue weighted by molar-refractivity contribution is -0.177. The van der Waals surface area contributed by atoms with Gasteiger partial charge < -0.3 is 9.84 Å². The lowest BCUT2D eigenvalue weighted by atomic mass is 9.93. The van der Waals surface area contributed by atoms with Crippen molar-refractivity contribution in [1.29, 1.82) is 0 Å². The zero-order valence-electron chi connectivity index (χ0n) is 11.8.